The Kier molecular flexibility index (Phi) is 4.37. The van der Waals surface area contributed by atoms with E-state index >= 15 is 0 Å². The number of nitrogens with zero attached hydrogens (tertiary/aromatic N) is 3. The molecule has 5 nitrogen and oxygen atoms in total. The third-order valence-corrected chi connectivity index (χ3v) is 1.65. The van der Waals surface area contributed by atoms with Crippen LogP contribution in [0.2, 0.25) is 0 Å². The van der Waals surface area contributed by atoms with Crippen LogP contribution in [-0.4, -0.2) is 33.5 Å². The van der Waals surface area contributed by atoms with E-state index in [0.717, 1.165) is 0 Å². The Morgan fingerprint density at radius 1 is 1.00 bits per heavy atom. The van der Waals surface area contributed by atoms with E-state index in [0.29, 0.717) is 18.1 Å². The molecular formula is C10H24N3O2+. The van der Waals surface area contributed by atoms with Crippen molar-refractivity contribution < 1.29 is 15.4 Å². The lowest BCUT2D eigenvalue weighted by atomic mass is 9.93. The molecule has 0 rings (SSSR count). The highest BCUT2D eigenvalue weighted by molar-refractivity contribution is 4.69. The molecule has 0 aromatic rings. The first-order chi connectivity index (χ1) is 6.55. The van der Waals surface area contributed by atoms with Crippen LogP contribution in [0.15, 0.2) is 5.28 Å². The smallest absolute Gasteiger partial charge is 0.271 e. The zero-order valence-corrected chi connectivity index (χ0v) is 10.7. The van der Waals surface area contributed by atoms with Crippen LogP contribution in [0.1, 0.15) is 41.5 Å². The monoisotopic (exact) mass is 218 g/mol. The molecule has 0 bridgehead atoms. The van der Waals surface area contributed by atoms with Crippen LogP contribution in [0.5, 0.6) is 0 Å². The molecule has 0 radical (unpaired) electrons. The summed E-state index contributed by atoms with van der Waals surface area (Å²) in [5.41, 5.74) is 0.0494. The van der Waals surface area contributed by atoms with E-state index < -0.39 is 0 Å². The molecule has 0 spiro atoms. The first-order valence-corrected chi connectivity index (χ1v) is 5.14. The van der Waals surface area contributed by atoms with Crippen LogP contribution in [0, 0.1) is 10.8 Å². The van der Waals surface area contributed by atoms with Crippen LogP contribution in [0.25, 0.3) is 0 Å². The summed E-state index contributed by atoms with van der Waals surface area (Å²) in [7, 11) is 0. The van der Waals surface area contributed by atoms with Gasteiger partial charge in [0, 0.05) is 0 Å². The minimum absolute atomic E-state index is 0.0247. The van der Waals surface area contributed by atoms with Crippen molar-refractivity contribution in [3.63, 3.8) is 0 Å². The van der Waals surface area contributed by atoms with Crippen molar-refractivity contribution in [2.45, 2.75) is 41.5 Å². The maximum Gasteiger partial charge on any atom is 0.271 e. The van der Waals surface area contributed by atoms with Gasteiger partial charge in [-0.1, -0.05) is 41.5 Å². The van der Waals surface area contributed by atoms with Crippen molar-refractivity contribution in [2.75, 3.05) is 13.1 Å². The molecule has 0 amide bonds. The van der Waals surface area contributed by atoms with Gasteiger partial charge in [0.1, 0.15) is 0 Å². The summed E-state index contributed by atoms with van der Waals surface area (Å²) >= 11 is 0. The largest absolute Gasteiger partial charge is 0.357 e. The fourth-order valence-corrected chi connectivity index (χ4v) is 1.33. The van der Waals surface area contributed by atoms with E-state index in [1.54, 1.807) is 5.01 Å². The molecule has 0 heterocycles. The van der Waals surface area contributed by atoms with Gasteiger partial charge in [-0.3, -0.25) is 0 Å². The third-order valence-electron chi connectivity index (χ3n) is 1.65. The van der Waals surface area contributed by atoms with Gasteiger partial charge < -0.3 is 5.21 Å². The Morgan fingerprint density at radius 2 is 1.33 bits per heavy atom. The molecule has 0 aromatic heterocycles. The van der Waals surface area contributed by atoms with Gasteiger partial charge in [-0.2, -0.15) is 0 Å². The molecule has 0 saturated heterocycles. The van der Waals surface area contributed by atoms with E-state index in [9.17, 15) is 5.21 Å². The third kappa shape index (κ3) is 6.99. The summed E-state index contributed by atoms with van der Waals surface area (Å²) in [6, 6.07) is 0. The zero-order valence-electron chi connectivity index (χ0n) is 10.7. The van der Waals surface area contributed by atoms with Crippen LogP contribution >= 0.6 is 0 Å². The number of hydrazine groups is 1. The van der Waals surface area contributed by atoms with Gasteiger partial charge in [-0.05, 0) is 10.8 Å². The van der Waals surface area contributed by atoms with Gasteiger partial charge in [0.15, 0.2) is 0 Å². The summed E-state index contributed by atoms with van der Waals surface area (Å²) in [5.74, 6) is 0. The van der Waals surface area contributed by atoms with Crippen molar-refractivity contribution in [2.24, 2.45) is 16.1 Å². The molecule has 0 unspecified atom stereocenters. The average Bonchev–Trinajstić information content (AvgIpc) is 1.96. The van der Waals surface area contributed by atoms with E-state index in [1.165, 1.54) is 0 Å². The molecule has 90 valence electrons. The summed E-state index contributed by atoms with van der Waals surface area (Å²) in [6.07, 6.45) is 0. The minimum Gasteiger partial charge on any atom is -0.357 e. The van der Waals surface area contributed by atoms with Gasteiger partial charge in [0.2, 0.25) is 0 Å². The highest BCUT2D eigenvalue weighted by Gasteiger charge is 2.29. The van der Waals surface area contributed by atoms with Gasteiger partial charge in [-0.15, -0.1) is 5.01 Å². The molecule has 2 N–H and O–H groups in total. The second-order valence-electron chi connectivity index (χ2n) is 6.30. The fraction of sp³-hybridized carbons (Fsp3) is 1.00. The SMILES string of the molecule is CC(C)(C)CN(CC(C)(C)C)/[N+](O)=N/O. The lowest BCUT2D eigenvalue weighted by molar-refractivity contribution is -0.943. The Hall–Kier alpha value is -1.00. The first-order valence-electron chi connectivity index (χ1n) is 5.14. The van der Waals surface area contributed by atoms with Gasteiger partial charge in [0.05, 0.1) is 13.1 Å². The molecule has 15 heavy (non-hydrogen) atoms. The molecule has 0 fully saturated rings. The van der Waals surface area contributed by atoms with Crippen molar-refractivity contribution in [1.82, 2.24) is 5.01 Å². The minimum atomic E-state index is 0.0247. The normalized spacial score (nSPS) is 14.1. The van der Waals surface area contributed by atoms with Crippen LogP contribution in [0.4, 0.5) is 0 Å². The highest BCUT2D eigenvalue weighted by Crippen LogP contribution is 2.20. The maximum atomic E-state index is 9.39. The number of rotatable bonds is 3. The summed E-state index contributed by atoms with van der Waals surface area (Å²) in [6.45, 7) is 13.6. The molecule has 0 aliphatic rings. The van der Waals surface area contributed by atoms with Crippen LogP contribution < -0.4 is 0 Å². The summed E-state index contributed by atoms with van der Waals surface area (Å²) < 4.78 is 0. The van der Waals surface area contributed by atoms with Gasteiger partial charge in [-0.25, -0.2) is 5.21 Å². The highest BCUT2D eigenvalue weighted by atomic mass is 16.6. The van der Waals surface area contributed by atoms with Gasteiger partial charge in [0.25, 0.3) is 10.2 Å². The second-order valence-corrected chi connectivity index (χ2v) is 6.30. The Balaban J connectivity index is 4.61. The predicted octanol–water partition coefficient (Wildman–Crippen LogP) is 2.54. The molecule has 0 saturated carbocycles. The zero-order chi connectivity index (χ0) is 12.3. The van der Waals surface area contributed by atoms with Crippen molar-refractivity contribution >= 4 is 0 Å². The van der Waals surface area contributed by atoms with Crippen molar-refractivity contribution in [3.05, 3.63) is 0 Å². The topological polar surface area (TPSA) is 59.1 Å². The van der Waals surface area contributed by atoms with Crippen molar-refractivity contribution in [1.29, 1.82) is 0 Å². The molecule has 5 heteroatoms. The Labute approximate surface area is 91.9 Å². The van der Waals surface area contributed by atoms with E-state index in [1.807, 2.05) is 0 Å². The second kappa shape index (κ2) is 4.68. The quantitative estimate of drug-likeness (QED) is 0.435. The Morgan fingerprint density at radius 3 is 1.53 bits per heavy atom. The van der Waals surface area contributed by atoms with E-state index in [4.69, 9.17) is 5.21 Å². The molecule has 0 aromatic carbocycles. The fourth-order valence-electron chi connectivity index (χ4n) is 1.33. The van der Waals surface area contributed by atoms with Crippen LogP contribution in [-0.2, 0) is 0 Å². The van der Waals surface area contributed by atoms with Gasteiger partial charge >= 0.3 is 0 Å². The molecular weight excluding hydrogens is 194 g/mol. The van der Waals surface area contributed by atoms with E-state index in [2.05, 4.69) is 46.8 Å². The summed E-state index contributed by atoms with van der Waals surface area (Å²) in [4.78, 5) is 0.510. The maximum absolute atomic E-state index is 9.39. The Bertz CT molecular complexity index is 210. The predicted molar refractivity (Wildman–Crippen MR) is 56.7 cm³/mol. The number of hydrogen-bond donors (Lipinski definition) is 2. The van der Waals surface area contributed by atoms with E-state index in [-0.39, 0.29) is 10.8 Å². The van der Waals surface area contributed by atoms with Crippen molar-refractivity contribution in [3.8, 4) is 0 Å². The standard InChI is InChI=1S/C10H23N3O2/c1-9(2,3)7-12(13(15)11-14)8-10(4,5)6/h15H,7-8H2,1-6H3/p+1. The molecule has 0 aliphatic carbocycles. The average molecular weight is 218 g/mol. The molecule has 0 aliphatic heterocycles. The lowest BCUT2D eigenvalue weighted by Crippen LogP contribution is -2.43. The van der Waals surface area contributed by atoms with Crippen LogP contribution in [0.3, 0.4) is 0 Å². The molecule has 0 atom stereocenters. The number of hydrogen-bond acceptors (Lipinski definition) is 1. The lowest BCUT2D eigenvalue weighted by Gasteiger charge is -2.27. The first kappa shape index (κ1) is 14.0. The summed E-state index contributed by atoms with van der Waals surface area (Å²) in [5, 5.41) is 22.3.